The van der Waals surface area contributed by atoms with Gasteiger partial charge in [0.15, 0.2) is 0 Å². The maximum Gasteiger partial charge on any atom is 0.119 e. The van der Waals surface area contributed by atoms with E-state index in [9.17, 15) is 0 Å². The molecule has 1 fully saturated rings. The van der Waals surface area contributed by atoms with Crippen LogP contribution < -0.4 is 10.1 Å². The second kappa shape index (κ2) is 7.09. The number of likely N-dealkylation sites (tertiary alicyclic amines) is 1. The van der Waals surface area contributed by atoms with Crippen molar-refractivity contribution < 1.29 is 4.74 Å². The Kier molecular flexibility index (Phi) is 5.44. The SMILES string of the molecule is CNCc1ccc(OCCN2CCCC(C)(C)C2)cc1. The van der Waals surface area contributed by atoms with Crippen molar-refractivity contribution in [3.63, 3.8) is 0 Å². The molecule has 1 N–H and O–H groups in total. The second-order valence-electron chi connectivity index (χ2n) is 6.57. The zero-order chi connectivity index (χ0) is 14.4. The van der Waals surface area contributed by atoms with Crippen LogP contribution in [0.5, 0.6) is 5.75 Å². The van der Waals surface area contributed by atoms with Crippen molar-refractivity contribution >= 4 is 0 Å². The number of rotatable bonds is 6. The molecule has 112 valence electrons. The minimum atomic E-state index is 0.465. The lowest BCUT2D eigenvalue weighted by Gasteiger charge is -2.37. The Morgan fingerprint density at radius 2 is 2.00 bits per heavy atom. The molecule has 3 nitrogen and oxygen atoms in total. The van der Waals surface area contributed by atoms with Gasteiger partial charge in [-0.3, -0.25) is 4.90 Å². The van der Waals surface area contributed by atoms with Crippen molar-refractivity contribution in [2.45, 2.75) is 33.2 Å². The van der Waals surface area contributed by atoms with E-state index in [1.807, 2.05) is 7.05 Å². The van der Waals surface area contributed by atoms with Crippen LogP contribution in [0.25, 0.3) is 0 Å². The Morgan fingerprint density at radius 1 is 1.25 bits per heavy atom. The number of hydrogen-bond donors (Lipinski definition) is 1. The summed E-state index contributed by atoms with van der Waals surface area (Å²) in [4.78, 5) is 2.53. The highest BCUT2D eigenvalue weighted by molar-refractivity contribution is 5.27. The van der Waals surface area contributed by atoms with Crippen molar-refractivity contribution in [1.82, 2.24) is 10.2 Å². The zero-order valence-corrected chi connectivity index (χ0v) is 13.1. The Labute approximate surface area is 123 Å². The first-order valence-electron chi connectivity index (χ1n) is 7.68. The summed E-state index contributed by atoms with van der Waals surface area (Å²) in [5, 5.41) is 3.15. The van der Waals surface area contributed by atoms with Crippen molar-refractivity contribution in [3.05, 3.63) is 29.8 Å². The van der Waals surface area contributed by atoms with E-state index < -0.39 is 0 Å². The Balaban J connectivity index is 1.72. The number of nitrogens with one attached hydrogen (secondary N) is 1. The van der Waals surface area contributed by atoms with Gasteiger partial charge in [0.1, 0.15) is 12.4 Å². The molecule has 20 heavy (non-hydrogen) atoms. The second-order valence-corrected chi connectivity index (χ2v) is 6.57. The van der Waals surface area contributed by atoms with Gasteiger partial charge in [-0.05, 0) is 49.5 Å². The average molecular weight is 276 g/mol. The summed E-state index contributed by atoms with van der Waals surface area (Å²) in [6, 6.07) is 8.37. The Bertz CT molecular complexity index is 400. The van der Waals surface area contributed by atoms with Gasteiger partial charge in [0.2, 0.25) is 0 Å². The fourth-order valence-corrected chi connectivity index (χ4v) is 2.94. The maximum atomic E-state index is 5.85. The largest absolute Gasteiger partial charge is 0.492 e. The summed E-state index contributed by atoms with van der Waals surface area (Å²) in [6.07, 6.45) is 2.66. The van der Waals surface area contributed by atoms with Crippen LogP contribution in [0.3, 0.4) is 0 Å². The molecule has 0 radical (unpaired) electrons. The first-order chi connectivity index (χ1) is 9.59. The molecule has 0 atom stereocenters. The van der Waals surface area contributed by atoms with Gasteiger partial charge in [-0.15, -0.1) is 0 Å². The molecule has 1 aliphatic heterocycles. The first-order valence-corrected chi connectivity index (χ1v) is 7.68. The van der Waals surface area contributed by atoms with Gasteiger partial charge in [0, 0.05) is 19.6 Å². The number of nitrogens with zero attached hydrogens (tertiary/aromatic N) is 1. The quantitative estimate of drug-likeness (QED) is 0.864. The summed E-state index contributed by atoms with van der Waals surface area (Å²) in [5.74, 6) is 0.973. The maximum absolute atomic E-state index is 5.85. The minimum Gasteiger partial charge on any atom is -0.492 e. The van der Waals surface area contributed by atoms with E-state index in [2.05, 4.69) is 48.3 Å². The smallest absolute Gasteiger partial charge is 0.119 e. The molecular weight excluding hydrogens is 248 g/mol. The predicted molar refractivity (Wildman–Crippen MR) is 84.2 cm³/mol. The molecule has 0 amide bonds. The van der Waals surface area contributed by atoms with E-state index in [0.29, 0.717) is 5.41 Å². The Hall–Kier alpha value is -1.06. The number of piperidine rings is 1. The molecule has 0 bridgehead atoms. The third-order valence-electron chi connectivity index (χ3n) is 3.96. The summed E-state index contributed by atoms with van der Waals surface area (Å²) in [6.45, 7) is 9.85. The molecule has 1 aliphatic rings. The fourth-order valence-electron chi connectivity index (χ4n) is 2.94. The third-order valence-corrected chi connectivity index (χ3v) is 3.96. The van der Waals surface area contributed by atoms with Gasteiger partial charge in [-0.2, -0.15) is 0 Å². The van der Waals surface area contributed by atoms with Crippen LogP contribution in [0.4, 0.5) is 0 Å². The fraction of sp³-hybridized carbons (Fsp3) is 0.647. The molecule has 0 aromatic heterocycles. The molecular formula is C17H28N2O. The van der Waals surface area contributed by atoms with Crippen molar-refractivity contribution in [3.8, 4) is 5.75 Å². The van der Waals surface area contributed by atoms with Gasteiger partial charge < -0.3 is 10.1 Å². The van der Waals surface area contributed by atoms with Gasteiger partial charge in [-0.1, -0.05) is 26.0 Å². The highest BCUT2D eigenvalue weighted by Crippen LogP contribution is 2.28. The minimum absolute atomic E-state index is 0.465. The molecule has 0 spiro atoms. The van der Waals surface area contributed by atoms with E-state index in [1.54, 1.807) is 0 Å². The molecule has 3 heteroatoms. The first kappa shape index (κ1) is 15.3. The van der Waals surface area contributed by atoms with Crippen LogP contribution in [0, 0.1) is 5.41 Å². The Morgan fingerprint density at radius 3 is 2.65 bits per heavy atom. The molecule has 0 aliphatic carbocycles. The topological polar surface area (TPSA) is 24.5 Å². The van der Waals surface area contributed by atoms with E-state index in [4.69, 9.17) is 4.74 Å². The average Bonchev–Trinajstić information content (AvgIpc) is 2.40. The van der Waals surface area contributed by atoms with Gasteiger partial charge in [0.05, 0.1) is 0 Å². The molecule has 1 saturated heterocycles. The van der Waals surface area contributed by atoms with Crippen LogP contribution in [-0.4, -0.2) is 38.2 Å². The summed E-state index contributed by atoms with van der Waals surface area (Å²) >= 11 is 0. The normalized spacial score (nSPS) is 18.9. The lowest BCUT2D eigenvalue weighted by Crippen LogP contribution is -2.41. The summed E-state index contributed by atoms with van der Waals surface area (Å²) in [7, 11) is 1.96. The van der Waals surface area contributed by atoms with Crippen LogP contribution in [-0.2, 0) is 6.54 Å². The van der Waals surface area contributed by atoms with Gasteiger partial charge >= 0.3 is 0 Å². The van der Waals surface area contributed by atoms with E-state index >= 15 is 0 Å². The van der Waals surface area contributed by atoms with Crippen LogP contribution in [0.1, 0.15) is 32.3 Å². The van der Waals surface area contributed by atoms with Gasteiger partial charge in [-0.25, -0.2) is 0 Å². The number of benzene rings is 1. The lowest BCUT2D eigenvalue weighted by molar-refractivity contribution is 0.102. The lowest BCUT2D eigenvalue weighted by atomic mass is 9.84. The molecule has 1 aromatic rings. The monoisotopic (exact) mass is 276 g/mol. The molecule has 1 aromatic carbocycles. The van der Waals surface area contributed by atoms with Crippen LogP contribution >= 0.6 is 0 Å². The highest BCUT2D eigenvalue weighted by atomic mass is 16.5. The van der Waals surface area contributed by atoms with E-state index in [0.717, 1.165) is 25.4 Å². The van der Waals surface area contributed by atoms with Crippen molar-refractivity contribution in [1.29, 1.82) is 0 Å². The molecule has 0 unspecified atom stereocenters. The highest BCUT2D eigenvalue weighted by Gasteiger charge is 2.25. The van der Waals surface area contributed by atoms with Crippen molar-refractivity contribution in [2.75, 3.05) is 33.3 Å². The number of ether oxygens (including phenoxy) is 1. The number of hydrogen-bond acceptors (Lipinski definition) is 3. The standard InChI is InChI=1S/C17H28N2O/c1-17(2)9-4-10-19(14-17)11-12-20-16-7-5-15(6-8-16)13-18-3/h5-8,18H,4,9-14H2,1-3H3. The van der Waals surface area contributed by atoms with Crippen molar-refractivity contribution in [2.24, 2.45) is 5.41 Å². The predicted octanol–water partition coefficient (Wildman–Crippen LogP) is 2.91. The summed E-state index contributed by atoms with van der Waals surface area (Å²) < 4.78 is 5.85. The molecule has 2 rings (SSSR count). The summed E-state index contributed by atoms with van der Waals surface area (Å²) in [5.41, 5.74) is 1.75. The molecule has 0 saturated carbocycles. The third kappa shape index (κ3) is 4.80. The van der Waals surface area contributed by atoms with E-state index in [-0.39, 0.29) is 0 Å². The van der Waals surface area contributed by atoms with E-state index in [1.165, 1.54) is 31.5 Å². The van der Waals surface area contributed by atoms with Crippen LogP contribution in [0.2, 0.25) is 0 Å². The molecule has 1 heterocycles. The van der Waals surface area contributed by atoms with Gasteiger partial charge in [0.25, 0.3) is 0 Å². The van der Waals surface area contributed by atoms with Crippen LogP contribution in [0.15, 0.2) is 24.3 Å². The zero-order valence-electron chi connectivity index (χ0n) is 13.1.